The van der Waals surface area contributed by atoms with E-state index in [0.717, 1.165) is 16.1 Å². The molecule has 0 saturated carbocycles. The quantitative estimate of drug-likeness (QED) is 0.411. The highest BCUT2D eigenvalue weighted by Crippen LogP contribution is 2.23. The van der Waals surface area contributed by atoms with Crippen LogP contribution in [0.1, 0.15) is 12.5 Å². The van der Waals surface area contributed by atoms with Crippen molar-refractivity contribution < 1.29 is 9.59 Å². The van der Waals surface area contributed by atoms with Crippen molar-refractivity contribution in [2.24, 2.45) is 0 Å². The summed E-state index contributed by atoms with van der Waals surface area (Å²) in [4.78, 5) is 23.2. The number of amides is 2. The number of carbonyl (C=O) groups excluding carboxylic acids is 2. The van der Waals surface area contributed by atoms with E-state index >= 15 is 0 Å². The van der Waals surface area contributed by atoms with Gasteiger partial charge in [0.25, 0.3) is 0 Å². The normalized spacial score (nSPS) is 10.0. The first-order chi connectivity index (χ1) is 8.99. The Balaban J connectivity index is 2.28. The van der Waals surface area contributed by atoms with Crippen molar-refractivity contribution >= 4 is 29.3 Å². The molecule has 0 spiro atoms. The van der Waals surface area contributed by atoms with Gasteiger partial charge in [-0.3, -0.25) is 9.59 Å². The van der Waals surface area contributed by atoms with Gasteiger partial charge in [-0.1, -0.05) is 0 Å². The van der Waals surface area contributed by atoms with Crippen molar-refractivity contribution in [1.29, 1.82) is 0 Å². The van der Waals surface area contributed by atoms with E-state index in [-0.39, 0.29) is 11.8 Å². The minimum Gasteiger partial charge on any atom is -0.399 e. The van der Waals surface area contributed by atoms with Crippen LogP contribution < -0.4 is 16.4 Å². The standard InChI is InChI=1S/C13H19N3O2S/c1-9-7-11(14)3-4-12(9)19-8-13(18)16-6-5-15-10(2)17/h3-4,7H,5-6,8,14H2,1-2H3,(H,15,17)(H,16,18). The molecule has 1 aromatic rings. The first-order valence-corrected chi connectivity index (χ1v) is 6.97. The highest BCUT2D eigenvalue weighted by atomic mass is 32.2. The molecule has 0 saturated heterocycles. The maximum atomic E-state index is 11.6. The van der Waals surface area contributed by atoms with E-state index < -0.39 is 0 Å². The van der Waals surface area contributed by atoms with Crippen LogP contribution in [0.2, 0.25) is 0 Å². The second-order valence-electron chi connectivity index (χ2n) is 4.15. The lowest BCUT2D eigenvalue weighted by molar-refractivity contribution is -0.120. The summed E-state index contributed by atoms with van der Waals surface area (Å²) in [6, 6.07) is 5.63. The molecule has 104 valence electrons. The number of nitrogens with one attached hydrogen (secondary N) is 2. The van der Waals surface area contributed by atoms with Crippen molar-refractivity contribution in [1.82, 2.24) is 10.6 Å². The predicted molar refractivity (Wildman–Crippen MR) is 78.0 cm³/mol. The monoisotopic (exact) mass is 281 g/mol. The Morgan fingerprint density at radius 2 is 1.95 bits per heavy atom. The van der Waals surface area contributed by atoms with Crippen LogP contribution >= 0.6 is 11.8 Å². The van der Waals surface area contributed by atoms with Crippen LogP contribution in [0.3, 0.4) is 0 Å². The van der Waals surface area contributed by atoms with Crippen molar-refractivity contribution in [3.8, 4) is 0 Å². The fraction of sp³-hybridized carbons (Fsp3) is 0.385. The lowest BCUT2D eigenvalue weighted by atomic mass is 10.2. The Morgan fingerprint density at radius 1 is 1.26 bits per heavy atom. The van der Waals surface area contributed by atoms with Crippen LogP contribution in [0.4, 0.5) is 5.69 Å². The molecule has 0 aliphatic carbocycles. The van der Waals surface area contributed by atoms with Crippen molar-refractivity contribution in [2.75, 3.05) is 24.6 Å². The third kappa shape index (κ3) is 6.15. The molecule has 0 bridgehead atoms. The smallest absolute Gasteiger partial charge is 0.230 e. The molecule has 4 N–H and O–H groups in total. The number of anilines is 1. The summed E-state index contributed by atoms with van der Waals surface area (Å²) in [6.07, 6.45) is 0. The third-order valence-corrected chi connectivity index (χ3v) is 3.55. The molecular weight excluding hydrogens is 262 g/mol. The average Bonchev–Trinajstić information content (AvgIpc) is 2.33. The van der Waals surface area contributed by atoms with Gasteiger partial charge in [0, 0.05) is 30.6 Å². The van der Waals surface area contributed by atoms with Crippen LogP contribution in [-0.2, 0) is 9.59 Å². The van der Waals surface area contributed by atoms with Gasteiger partial charge in [-0.05, 0) is 30.7 Å². The molecule has 5 nitrogen and oxygen atoms in total. The second kappa shape index (κ2) is 7.68. The maximum absolute atomic E-state index is 11.6. The number of nitrogens with two attached hydrogens (primary N) is 1. The number of thioether (sulfide) groups is 1. The van der Waals surface area contributed by atoms with Gasteiger partial charge in [-0.15, -0.1) is 11.8 Å². The Kier molecular flexibility index (Phi) is 6.21. The molecule has 0 aliphatic heterocycles. The van der Waals surface area contributed by atoms with Crippen LogP contribution in [-0.4, -0.2) is 30.7 Å². The molecule has 0 radical (unpaired) electrons. The number of hydrogen-bond donors (Lipinski definition) is 3. The molecule has 0 aromatic heterocycles. The van der Waals surface area contributed by atoms with Gasteiger partial charge in [-0.2, -0.15) is 0 Å². The Labute approximate surface area is 117 Å². The van der Waals surface area contributed by atoms with Crippen molar-refractivity contribution in [3.63, 3.8) is 0 Å². The molecule has 1 aromatic carbocycles. The van der Waals surface area contributed by atoms with Crippen molar-refractivity contribution in [3.05, 3.63) is 23.8 Å². The van der Waals surface area contributed by atoms with Gasteiger partial charge in [-0.25, -0.2) is 0 Å². The lowest BCUT2D eigenvalue weighted by Gasteiger charge is -2.07. The number of aryl methyl sites for hydroxylation is 1. The summed E-state index contributed by atoms with van der Waals surface area (Å²) in [7, 11) is 0. The fourth-order valence-electron chi connectivity index (χ4n) is 1.47. The Hall–Kier alpha value is -1.69. The highest BCUT2D eigenvalue weighted by molar-refractivity contribution is 8.00. The fourth-order valence-corrected chi connectivity index (χ4v) is 2.31. The summed E-state index contributed by atoms with van der Waals surface area (Å²) in [6.45, 7) is 4.31. The van der Waals surface area contributed by atoms with E-state index in [1.165, 1.54) is 18.7 Å². The van der Waals surface area contributed by atoms with Gasteiger partial charge >= 0.3 is 0 Å². The van der Waals surface area contributed by atoms with Gasteiger partial charge in [0.2, 0.25) is 11.8 Å². The molecule has 0 unspecified atom stereocenters. The topological polar surface area (TPSA) is 84.2 Å². The van der Waals surface area contributed by atoms with Gasteiger partial charge in [0.15, 0.2) is 0 Å². The van der Waals surface area contributed by atoms with Gasteiger partial charge in [0.1, 0.15) is 0 Å². The SMILES string of the molecule is CC(=O)NCCNC(=O)CSc1ccc(N)cc1C. The van der Waals surface area contributed by atoms with Crippen molar-refractivity contribution in [2.45, 2.75) is 18.7 Å². The summed E-state index contributed by atoms with van der Waals surface area (Å²) in [5, 5.41) is 5.36. The third-order valence-electron chi connectivity index (χ3n) is 2.38. The number of nitrogen functional groups attached to an aromatic ring is 1. The Bertz CT molecular complexity index is 463. The van der Waals surface area contributed by atoms with E-state index in [2.05, 4.69) is 10.6 Å². The maximum Gasteiger partial charge on any atom is 0.230 e. The minimum absolute atomic E-state index is 0.0495. The molecule has 0 aliphatic rings. The van der Waals surface area contributed by atoms with Crippen LogP contribution in [0.15, 0.2) is 23.1 Å². The van der Waals surface area contributed by atoms with E-state index in [4.69, 9.17) is 5.73 Å². The first kappa shape index (κ1) is 15.4. The molecule has 0 fully saturated rings. The molecule has 1 rings (SSSR count). The van der Waals surface area contributed by atoms with E-state index in [1.54, 1.807) is 0 Å². The van der Waals surface area contributed by atoms with Gasteiger partial charge < -0.3 is 16.4 Å². The largest absolute Gasteiger partial charge is 0.399 e. The average molecular weight is 281 g/mol. The van der Waals surface area contributed by atoms with Crippen LogP contribution in [0.25, 0.3) is 0 Å². The molecule has 2 amide bonds. The van der Waals surface area contributed by atoms with E-state index in [0.29, 0.717) is 18.8 Å². The number of benzene rings is 1. The number of rotatable bonds is 6. The number of hydrogen-bond acceptors (Lipinski definition) is 4. The summed E-state index contributed by atoms with van der Waals surface area (Å²) >= 11 is 1.47. The molecule has 0 atom stereocenters. The second-order valence-corrected chi connectivity index (χ2v) is 5.16. The van der Waals surface area contributed by atoms with E-state index in [9.17, 15) is 9.59 Å². The number of carbonyl (C=O) groups is 2. The zero-order valence-electron chi connectivity index (χ0n) is 11.2. The van der Waals surface area contributed by atoms with Crippen LogP contribution in [0.5, 0.6) is 0 Å². The highest BCUT2D eigenvalue weighted by Gasteiger charge is 2.04. The van der Waals surface area contributed by atoms with E-state index in [1.807, 2.05) is 25.1 Å². The lowest BCUT2D eigenvalue weighted by Crippen LogP contribution is -2.34. The molecule has 19 heavy (non-hydrogen) atoms. The molecule has 6 heteroatoms. The molecular formula is C13H19N3O2S. The summed E-state index contributed by atoms with van der Waals surface area (Å²) in [5.41, 5.74) is 7.46. The van der Waals surface area contributed by atoms with Crippen LogP contribution in [0, 0.1) is 6.92 Å². The molecule has 0 heterocycles. The first-order valence-electron chi connectivity index (χ1n) is 5.99. The van der Waals surface area contributed by atoms with Gasteiger partial charge in [0.05, 0.1) is 5.75 Å². The zero-order chi connectivity index (χ0) is 14.3. The minimum atomic E-state index is -0.0962. The summed E-state index contributed by atoms with van der Waals surface area (Å²) < 4.78 is 0. The zero-order valence-corrected chi connectivity index (χ0v) is 12.0. The Morgan fingerprint density at radius 3 is 2.58 bits per heavy atom. The predicted octanol–water partition coefficient (Wildman–Crippen LogP) is 0.922. The summed E-state index contributed by atoms with van der Waals surface area (Å²) in [5.74, 6) is 0.206.